The van der Waals surface area contributed by atoms with Crippen LogP contribution in [0.5, 0.6) is 0 Å². The van der Waals surface area contributed by atoms with Crippen molar-refractivity contribution >= 4 is 34.7 Å². The van der Waals surface area contributed by atoms with E-state index in [2.05, 4.69) is 28.8 Å². The van der Waals surface area contributed by atoms with Crippen molar-refractivity contribution in [3.63, 3.8) is 0 Å². The quantitative estimate of drug-likeness (QED) is 0.546. The van der Waals surface area contributed by atoms with Crippen LogP contribution in [-0.4, -0.2) is 14.4 Å². The fourth-order valence-electron chi connectivity index (χ4n) is 3.17. The summed E-state index contributed by atoms with van der Waals surface area (Å²) in [5.74, 6) is 0. The molecule has 3 aromatic carbocycles. The van der Waals surface area contributed by atoms with E-state index < -0.39 is 7.60 Å². The number of benzene rings is 3. The SMILES string of the molecule is Cc1ccc2c3ccccc3n(-c3cccc(P(=O)(O)O)c3)c2c1. The first-order chi connectivity index (χ1) is 11.4. The molecular weight excluding hydrogens is 321 g/mol. The van der Waals surface area contributed by atoms with Gasteiger partial charge in [-0.05, 0) is 42.8 Å². The topological polar surface area (TPSA) is 62.5 Å². The fourth-order valence-corrected chi connectivity index (χ4v) is 3.75. The van der Waals surface area contributed by atoms with Gasteiger partial charge in [-0.1, -0.05) is 36.4 Å². The molecule has 1 heterocycles. The van der Waals surface area contributed by atoms with Gasteiger partial charge in [-0.25, -0.2) is 0 Å². The zero-order valence-electron chi connectivity index (χ0n) is 13.0. The highest BCUT2D eigenvalue weighted by atomic mass is 31.2. The van der Waals surface area contributed by atoms with E-state index in [1.54, 1.807) is 12.1 Å². The van der Waals surface area contributed by atoms with Crippen LogP contribution in [0.3, 0.4) is 0 Å². The molecule has 0 radical (unpaired) electrons. The van der Waals surface area contributed by atoms with E-state index in [-0.39, 0.29) is 5.30 Å². The highest BCUT2D eigenvalue weighted by Crippen LogP contribution is 2.36. The van der Waals surface area contributed by atoms with Gasteiger partial charge in [-0.15, -0.1) is 0 Å². The molecule has 0 aliphatic heterocycles. The maximum atomic E-state index is 11.6. The Labute approximate surface area is 139 Å². The summed E-state index contributed by atoms with van der Waals surface area (Å²) in [4.78, 5) is 19.0. The van der Waals surface area contributed by atoms with E-state index >= 15 is 0 Å². The normalized spacial score (nSPS) is 12.1. The largest absolute Gasteiger partial charge is 0.356 e. The Kier molecular flexibility index (Phi) is 3.36. The fraction of sp³-hybridized carbons (Fsp3) is 0.0526. The third-order valence-corrected chi connectivity index (χ3v) is 5.20. The maximum absolute atomic E-state index is 11.6. The lowest BCUT2D eigenvalue weighted by atomic mass is 10.1. The van der Waals surface area contributed by atoms with Gasteiger partial charge in [0.25, 0.3) is 0 Å². The van der Waals surface area contributed by atoms with Crippen molar-refractivity contribution < 1.29 is 14.4 Å². The molecule has 120 valence electrons. The molecule has 0 aliphatic carbocycles. The first kappa shape index (κ1) is 15.2. The second-order valence-corrected chi connectivity index (χ2v) is 7.54. The molecule has 0 amide bonds. The zero-order chi connectivity index (χ0) is 16.9. The Balaban J connectivity index is 2.12. The van der Waals surface area contributed by atoms with Gasteiger partial charge in [-0.3, -0.25) is 4.57 Å². The summed E-state index contributed by atoms with van der Waals surface area (Å²) >= 11 is 0. The van der Waals surface area contributed by atoms with Gasteiger partial charge < -0.3 is 14.4 Å². The van der Waals surface area contributed by atoms with Gasteiger partial charge in [0.2, 0.25) is 0 Å². The molecule has 0 saturated carbocycles. The molecule has 4 rings (SSSR count). The Morgan fingerprint density at radius 1 is 0.833 bits per heavy atom. The molecule has 0 unspecified atom stereocenters. The molecule has 0 saturated heterocycles. The number of aromatic nitrogens is 1. The third kappa shape index (κ3) is 2.36. The Hall–Kier alpha value is -2.39. The van der Waals surface area contributed by atoms with Crippen molar-refractivity contribution in [3.05, 3.63) is 72.3 Å². The molecule has 0 atom stereocenters. The standard InChI is InChI=1S/C19H16NO3P/c1-13-9-10-17-16-7-2-3-8-18(16)20(19(17)11-13)14-5-4-6-15(12-14)24(21,22)23/h2-12H,1H3,(H2,21,22,23). The average Bonchev–Trinajstić information content (AvgIpc) is 2.87. The maximum Gasteiger partial charge on any atom is 0.356 e. The molecule has 5 heteroatoms. The summed E-state index contributed by atoms with van der Waals surface area (Å²) in [5.41, 5.74) is 3.92. The van der Waals surface area contributed by atoms with Gasteiger partial charge in [-0.2, -0.15) is 0 Å². The molecule has 0 bridgehead atoms. The highest BCUT2D eigenvalue weighted by molar-refractivity contribution is 7.60. The van der Waals surface area contributed by atoms with Crippen molar-refractivity contribution in [3.8, 4) is 5.69 Å². The Morgan fingerprint density at radius 3 is 2.38 bits per heavy atom. The number of hydrogen-bond donors (Lipinski definition) is 2. The molecule has 4 aromatic rings. The van der Waals surface area contributed by atoms with Crippen LogP contribution in [0.15, 0.2) is 66.7 Å². The van der Waals surface area contributed by atoms with Crippen molar-refractivity contribution in [1.82, 2.24) is 4.57 Å². The van der Waals surface area contributed by atoms with E-state index in [0.717, 1.165) is 33.1 Å². The van der Waals surface area contributed by atoms with Gasteiger partial charge >= 0.3 is 7.60 Å². The minimum atomic E-state index is -4.29. The van der Waals surface area contributed by atoms with E-state index in [1.807, 2.05) is 31.2 Å². The number of nitrogens with zero attached hydrogens (tertiary/aromatic N) is 1. The number of para-hydroxylation sites is 1. The minimum Gasteiger partial charge on any atom is -0.321 e. The number of aryl methyl sites for hydroxylation is 1. The monoisotopic (exact) mass is 337 g/mol. The molecule has 4 nitrogen and oxygen atoms in total. The van der Waals surface area contributed by atoms with Gasteiger partial charge in [0.15, 0.2) is 0 Å². The van der Waals surface area contributed by atoms with Gasteiger partial charge in [0.1, 0.15) is 0 Å². The first-order valence-corrected chi connectivity index (χ1v) is 9.23. The van der Waals surface area contributed by atoms with Crippen LogP contribution < -0.4 is 5.30 Å². The highest BCUT2D eigenvalue weighted by Gasteiger charge is 2.19. The summed E-state index contributed by atoms with van der Waals surface area (Å²) in [5, 5.41) is 2.27. The number of hydrogen-bond acceptors (Lipinski definition) is 1. The molecular formula is C19H16NO3P. The predicted octanol–water partition coefficient (Wildman–Crippen LogP) is 3.90. The number of fused-ring (bicyclic) bond motifs is 3. The molecule has 0 fully saturated rings. The summed E-state index contributed by atoms with van der Waals surface area (Å²) in [7, 11) is -4.29. The van der Waals surface area contributed by atoms with Crippen LogP contribution in [0, 0.1) is 6.92 Å². The van der Waals surface area contributed by atoms with Crippen molar-refractivity contribution in [2.75, 3.05) is 0 Å². The molecule has 0 spiro atoms. The van der Waals surface area contributed by atoms with Crippen molar-refractivity contribution in [2.24, 2.45) is 0 Å². The second kappa shape index (κ2) is 5.32. The molecule has 24 heavy (non-hydrogen) atoms. The van der Waals surface area contributed by atoms with Crippen molar-refractivity contribution in [2.45, 2.75) is 6.92 Å². The Bertz CT molecular complexity index is 1120. The van der Waals surface area contributed by atoms with Gasteiger partial charge in [0, 0.05) is 16.5 Å². The lowest BCUT2D eigenvalue weighted by Crippen LogP contribution is -2.06. The molecule has 0 aliphatic rings. The second-order valence-electron chi connectivity index (χ2n) is 5.94. The van der Waals surface area contributed by atoms with Gasteiger partial charge in [0.05, 0.1) is 16.3 Å². The predicted molar refractivity (Wildman–Crippen MR) is 97.2 cm³/mol. The zero-order valence-corrected chi connectivity index (χ0v) is 13.9. The summed E-state index contributed by atoms with van der Waals surface area (Å²) in [6.07, 6.45) is 0. The van der Waals surface area contributed by atoms with Crippen LogP contribution in [0.4, 0.5) is 0 Å². The van der Waals surface area contributed by atoms with E-state index in [4.69, 9.17) is 0 Å². The van der Waals surface area contributed by atoms with Crippen LogP contribution >= 0.6 is 7.60 Å². The molecule has 2 N–H and O–H groups in total. The van der Waals surface area contributed by atoms with E-state index in [9.17, 15) is 14.4 Å². The van der Waals surface area contributed by atoms with Crippen LogP contribution in [0.2, 0.25) is 0 Å². The Morgan fingerprint density at radius 2 is 1.58 bits per heavy atom. The minimum absolute atomic E-state index is 0.0265. The smallest absolute Gasteiger partial charge is 0.321 e. The van der Waals surface area contributed by atoms with E-state index in [0.29, 0.717) is 0 Å². The summed E-state index contributed by atoms with van der Waals surface area (Å²) < 4.78 is 13.7. The lowest BCUT2D eigenvalue weighted by Gasteiger charge is -2.11. The lowest BCUT2D eigenvalue weighted by molar-refractivity contribution is 0.387. The van der Waals surface area contributed by atoms with Crippen molar-refractivity contribution in [1.29, 1.82) is 0 Å². The van der Waals surface area contributed by atoms with Crippen LogP contribution in [-0.2, 0) is 4.57 Å². The first-order valence-electron chi connectivity index (χ1n) is 7.61. The van der Waals surface area contributed by atoms with Crippen LogP contribution in [0.25, 0.3) is 27.5 Å². The third-order valence-electron chi connectivity index (χ3n) is 4.25. The number of rotatable bonds is 2. The summed E-state index contributed by atoms with van der Waals surface area (Å²) in [6.45, 7) is 2.04. The molecule has 1 aromatic heterocycles. The van der Waals surface area contributed by atoms with Crippen LogP contribution in [0.1, 0.15) is 5.56 Å². The van der Waals surface area contributed by atoms with E-state index in [1.165, 1.54) is 6.07 Å². The average molecular weight is 337 g/mol. The summed E-state index contributed by atoms with van der Waals surface area (Å²) in [6, 6.07) is 20.9.